The van der Waals surface area contributed by atoms with E-state index >= 15 is 0 Å². The molecule has 0 aliphatic carbocycles. The molecule has 2 aromatic heterocycles. The molecule has 1 fully saturated rings. The number of imidazole rings is 1. The summed E-state index contributed by atoms with van der Waals surface area (Å²) in [4.78, 5) is 10.9. The Morgan fingerprint density at radius 1 is 1.34 bits per heavy atom. The average molecular weight is 482 g/mol. The molecule has 29 heavy (non-hydrogen) atoms. The van der Waals surface area contributed by atoms with E-state index in [1.165, 1.54) is 0 Å². The van der Waals surface area contributed by atoms with Gasteiger partial charge in [-0.25, -0.2) is 9.97 Å². The van der Waals surface area contributed by atoms with Gasteiger partial charge in [0.25, 0.3) is 10.1 Å². The summed E-state index contributed by atoms with van der Waals surface area (Å²) in [5.74, 6) is 0.654. The molecule has 1 aliphatic rings. The van der Waals surface area contributed by atoms with Gasteiger partial charge in [0.2, 0.25) is 0 Å². The second-order valence-corrected chi connectivity index (χ2v) is 9.13. The van der Waals surface area contributed by atoms with Gasteiger partial charge < -0.3 is 19.4 Å². The van der Waals surface area contributed by atoms with E-state index in [1.54, 1.807) is 6.20 Å². The molecule has 1 aromatic carbocycles. The summed E-state index contributed by atoms with van der Waals surface area (Å²) in [6, 6.07) is 7.94. The van der Waals surface area contributed by atoms with Crippen LogP contribution in [0.2, 0.25) is 0 Å². The molecule has 1 atom stereocenters. The molecule has 0 radical (unpaired) electrons. The van der Waals surface area contributed by atoms with Crippen LogP contribution >= 0.6 is 15.9 Å². The number of hydrogen-bond donors (Lipinski definition) is 1. The van der Waals surface area contributed by atoms with Gasteiger partial charge in [-0.15, -0.1) is 0 Å². The minimum Gasteiger partial charge on any atom is -0.372 e. The number of benzene rings is 1. The molecule has 4 rings (SSSR count). The Balaban J connectivity index is 1.44. The lowest BCUT2D eigenvalue weighted by Crippen LogP contribution is -2.44. The monoisotopic (exact) mass is 481 g/mol. The summed E-state index contributed by atoms with van der Waals surface area (Å²) < 4.78 is 35.4. The number of rotatable bonds is 6. The van der Waals surface area contributed by atoms with Crippen molar-refractivity contribution >= 4 is 48.9 Å². The first-order chi connectivity index (χ1) is 13.9. The van der Waals surface area contributed by atoms with Gasteiger partial charge in [-0.2, -0.15) is 8.42 Å². The number of aromatic nitrogens is 3. The summed E-state index contributed by atoms with van der Waals surface area (Å²) in [6.45, 7) is 1.82. The highest BCUT2D eigenvalue weighted by atomic mass is 79.9. The van der Waals surface area contributed by atoms with Gasteiger partial charge >= 0.3 is 0 Å². The van der Waals surface area contributed by atoms with Crippen molar-refractivity contribution in [2.75, 3.05) is 42.8 Å². The second-order valence-electron chi connectivity index (χ2n) is 6.67. The van der Waals surface area contributed by atoms with Crippen molar-refractivity contribution in [2.45, 2.75) is 6.10 Å². The summed E-state index contributed by atoms with van der Waals surface area (Å²) in [7, 11) is -3.48. The van der Waals surface area contributed by atoms with E-state index in [0.717, 1.165) is 29.8 Å². The predicted octanol–water partition coefficient (Wildman–Crippen LogP) is 2.42. The third-order valence-electron chi connectivity index (χ3n) is 4.45. The zero-order valence-electron chi connectivity index (χ0n) is 15.7. The number of fused-ring (bicyclic) bond motifs is 1. The fourth-order valence-electron chi connectivity index (χ4n) is 3.13. The number of anilines is 3. The average Bonchev–Trinajstić information content (AvgIpc) is 3.15. The molecule has 11 heteroatoms. The number of morpholine rings is 1. The number of nitrogens with one attached hydrogen (secondary N) is 1. The van der Waals surface area contributed by atoms with Crippen LogP contribution in [0, 0.1) is 0 Å². The molecule has 0 bridgehead atoms. The standard InChI is InChI=1S/C18H20BrN5O4S/c1-29(25,26)28-12-15-10-23(8-9-27-15)14-4-2-13(3-5-14)21-17-18-20-6-7-24(18)11-16(19)22-17/h2-7,11,15H,8-10,12H2,1H3,(H,21,22). The predicted molar refractivity (Wildman–Crippen MR) is 113 cm³/mol. The molecule has 1 aliphatic heterocycles. The quantitative estimate of drug-likeness (QED) is 0.535. The highest BCUT2D eigenvalue weighted by molar-refractivity contribution is 9.10. The van der Waals surface area contributed by atoms with E-state index in [4.69, 9.17) is 8.92 Å². The van der Waals surface area contributed by atoms with Gasteiger partial charge in [0.05, 0.1) is 25.6 Å². The normalized spacial score (nSPS) is 17.6. The number of nitrogens with zero attached hydrogens (tertiary/aromatic N) is 4. The van der Waals surface area contributed by atoms with E-state index in [-0.39, 0.29) is 12.7 Å². The maximum absolute atomic E-state index is 11.2. The molecule has 3 aromatic rings. The van der Waals surface area contributed by atoms with Crippen LogP contribution in [0.15, 0.2) is 47.5 Å². The Bertz CT molecular complexity index is 1100. The van der Waals surface area contributed by atoms with Crippen LogP contribution < -0.4 is 10.2 Å². The summed E-state index contributed by atoms with van der Waals surface area (Å²) in [6.07, 6.45) is 6.17. The molecule has 1 N–H and O–H groups in total. The molecular formula is C18H20BrN5O4S. The Hall–Kier alpha value is -2.21. The van der Waals surface area contributed by atoms with Crippen molar-refractivity contribution in [3.8, 4) is 0 Å². The van der Waals surface area contributed by atoms with Gasteiger partial charge in [-0.05, 0) is 40.2 Å². The van der Waals surface area contributed by atoms with E-state index in [9.17, 15) is 8.42 Å². The van der Waals surface area contributed by atoms with Gasteiger partial charge in [0.1, 0.15) is 4.60 Å². The van der Waals surface area contributed by atoms with E-state index in [1.807, 2.05) is 41.1 Å². The van der Waals surface area contributed by atoms with Crippen molar-refractivity contribution in [1.82, 2.24) is 14.4 Å². The summed E-state index contributed by atoms with van der Waals surface area (Å²) in [5.41, 5.74) is 2.64. The fourth-order valence-corrected chi connectivity index (χ4v) is 3.93. The number of hydrogen-bond acceptors (Lipinski definition) is 8. The Labute approximate surface area is 176 Å². The van der Waals surface area contributed by atoms with Crippen LogP contribution in [0.4, 0.5) is 17.2 Å². The van der Waals surface area contributed by atoms with Gasteiger partial charge in [-0.3, -0.25) is 4.18 Å². The maximum atomic E-state index is 11.2. The molecule has 154 valence electrons. The largest absolute Gasteiger partial charge is 0.372 e. The smallest absolute Gasteiger partial charge is 0.264 e. The van der Waals surface area contributed by atoms with Crippen molar-refractivity contribution in [3.05, 3.63) is 47.5 Å². The lowest BCUT2D eigenvalue weighted by Gasteiger charge is -2.34. The molecule has 1 saturated heterocycles. The molecule has 0 spiro atoms. The van der Waals surface area contributed by atoms with E-state index < -0.39 is 10.1 Å². The van der Waals surface area contributed by atoms with Crippen LogP contribution in [-0.4, -0.2) is 61.4 Å². The SMILES string of the molecule is CS(=O)(=O)OCC1CN(c2ccc(Nc3nc(Br)cn4ccnc34)cc2)CCO1. The van der Waals surface area contributed by atoms with Gasteiger partial charge in [-0.1, -0.05) is 0 Å². The van der Waals surface area contributed by atoms with Crippen LogP contribution in [0.5, 0.6) is 0 Å². The zero-order chi connectivity index (χ0) is 20.4. The minimum absolute atomic E-state index is 0.0177. The molecule has 0 saturated carbocycles. The molecule has 9 nitrogen and oxygen atoms in total. The van der Waals surface area contributed by atoms with Crippen LogP contribution in [0.3, 0.4) is 0 Å². The maximum Gasteiger partial charge on any atom is 0.264 e. The Kier molecular flexibility index (Phi) is 5.72. The second kappa shape index (κ2) is 8.27. The zero-order valence-corrected chi connectivity index (χ0v) is 18.1. The Morgan fingerprint density at radius 2 is 2.14 bits per heavy atom. The first kappa shape index (κ1) is 20.1. The minimum atomic E-state index is -3.48. The molecule has 3 heterocycles. The number of halogens is 1. The highest BCUT2D eigenvalue weighted by Crippen LogP contribution is 2.25. The molecule has 0 amide bonds. The van der Waals surface area contributed by atoms with Gasteiger partial charge in [0.15, 0.2) is 11.5 Å². The third kappa shape index (κ3) is 5.04. The van der Waals surface area contributed by atoms with Crippen molar-refractivity contribution in [1.29, 1.82) is 0 Å². The van der Waals surface area contributed by atoms with Crippen molar-refractivity contribution < 1.29 is 17.3 Å². The molecule has 1 unspecified atom stereocenters. The lowest BCUT2D eigenvalue weighted by atomic mass is 10.2. The van der Waals surface area contributed by atoms with Crippen LogP contribution in [-0.2, 0) is 19.0 Å². The highest BCUT2D eigenvalue weighted by Gasteiger charge is 2.22. The third-order valence-corrected chi connectivity index (χ3v) is 5.39. The first-order valence-corrected chi connectivity index (χ1v) is 11.6. The van der Waals surface area contributed by atoms with E-state index in [0.29, 0.717) is 23.6 Å². The Morgan fingerprint density at radius 3 is 2.90 bits per heavy atom. The fraction of sp³-hybridized carbons (Fsp3) is 0.333. The summed E-state index contributed by atoms with van der Waals surface area (Å²) >= 11 is 3.41. The van der Waals surface area contributed by atoms with Crippen LogP contribution in [0.25, 0.3) is 5.65 Å². The van der Waals surface area contributed by atoms with Crippen LogP contribution in [0.1, 0.15) is 0 Å². The number of ether oxygens (including phenoxy) is 1. The first-order valence-electron chi connectivity index (χ1n) is 8.95. The summed E-state index contributed by atoms with van der Waals surface area (Å²) in [5, 5.41) is 3.30. The van der Waals surface area contributed by atoms with Crippen molar-refractivity contribution in [2.24, 2.45) is 0 Å². The molecular weight excluding hydrogens is 462 g/mol. The lowest BCUT2D eigenvalue weighted by molar-refractivity contribution is 0.0120. The van der Waals surface area contributed by atoms with Crippen molar-refractivity contribution in [3.63, 3.8) is 0 Å². The topological polar surface area (TPSA) is 98.1 Å². The van der Waals surface area contributed by atoms with Gasteiger partial charge in [0, 0.05) is 43.1 Å². The van der Waals surface area contributed by atoms with E-state index in [2.05, 4.69) is 36.1 Å².